The molecule has 0 spiro atoms. The van der Waals surface area contributed by atoms with Crippen LogP contribution in [0.3, 0.4) is 0 Å². The van der Waals surface area contributed by atoms with Gasteiger partial charge in [0.1, 0.15) is 13.2 Å². The van der Waals surface area contributed by atoms with Gasteiger partial charge in [0.05, 0.1) is 5.92 Å². The van der Waals surface area contributed by atoms with Crippen molar-refractivity contribution in [1.82, 2.24) is 0 Å². The van der Waals surface area contributed by atoms with E-state index in [-0.39, 0.29) is 13.2 Å². The molecule has 1 saturated heterocycles. The van der Waals surface area contributed by atoms with E-state index in [1.807, 2.05) is 0 Å². The van der Waals surface area contributed by atoms with Gasteiger partial charge in [-0.2, -0.15) is 0 Å². The van der Waals surface area contributed by atoms with Crippen LogP contribution in [0, 0.1) is 5.92 Å². The van der Waals surface area contributed by atoms with Crippen molar-refractivity contribution in [2.75, 3.05) is 13.2 Å². The average Bonchev–Trinajstić information content (AvgIpc) is 2.95. The van der Waals surface area contributed by atoms with E-state index in [0.717, 1.165) is 13.0 Å². The third-order valence-corrected chi connectivity index (χ3v) is 3.56. The summed E-state index contributed by atoms with van der Waals surface area (Å²) in [5.41, 5.74) is 0. The lowest BCUT2D eigenvalue weighted by molar-refractivity contribution is -0.160. The molecule has 0 bridgehead atoms. The van der Waals surface area contributed by atoms with E-state index in [2.05, 4.69) is 0 Å². The molecule has 0 saturated carbocycles. The predicted molar refractivity (Wildman–Crippen MR) is 96.0 cm³/mol. The number of ether oxygens (including phenoxy) is 5. The number of hydrogen-bond acceptors (Lipinski definition) is 10. The molecule has 4 atom stereocenters. The van der Waals surface area contributed by atoms with Gasteiger partial charge in [-0.3, -0.25) is 14.4 Å². The Bertz CT molecular complexity index is 693. The van der Waals surface area contributed by atoms with Crippen molar-refractivity contribution in [3.05, 3.63) is 24.3 Å². The van der Waals surface area contributed by atoms with Crippen LogP contribution in [0.25, 0.3) is 0 Å². The second-order valence-electron chi connectivity index (χ2n) is 6.08. The SMILES string of the molecule is C/C=C/[C@H](OC(C)=O)[C@H](/C=C/C(=O)OC[C@H]1COC(=O)[C@H]1OC(C)=O)OC(C)=O. The lowest BCUT2D eigenvalue weighted by Crippen LogP contribution is -2.32. The Kier molecular flexibility index (Phi) is 9.57. The standard InChI is InChI=1S/C19H24O10/c1-5-6-15(27-11(2)20)16(28-12(3)21)7-8-17(23)25-9-14-10-26-19(24)18(14)29-13(4)22/h5-8,14-16,18H,9-10H2,1-4H3/b6-5+,8-7+/t14-,15-,16-,18-/m0/s1. The van der Waals surface area contributed by atoms with Crippen LogP contribution in [-0.4, -0.2) is 61.4 Å². The van der Waals surface area contributed by atoms with Crippen molar-refractivity contribution in [3.63, 3.8) is 0 Å². The van der Waals surface area contributed by atoms with Crippen LogP contribution in [0.4, 0.5) is 0 Å². The number of allylic oxidation sites excluding steroid dienone is 1. The van der Waals surface area contributed by atoms with Gasteiger partial charge in [-0.15, -0.1) is 0 Å². The van der Waals surface area contributed by atoms with Crippen LogP contribution >= 0.6 is 0 Å². The molecular formula is C19H24O10. The first kappa shape index (κ1) is 23.9. The molecule has 10 heteroatoms. The highest BCUT2D eigenvalue weighted by molar-refractivity contribution is 5.83. The fraction of sp³-hybridized carbons (Fsp3) is 0.526. The molecule has 0 aromatic carbocycles. The summed E-state index contributed by atoms with van der Waals surface area (Å²) in [5.74, 6) is -4.03. The molecule has 1 heterocycles. The van der Waals surface area contributed by atoms with Crippen molar-refractivity contribution < 1.29 is 47.7 Å². The molecule has 1 fully saturated rings. The van der Waals surface area contributed by atoms with E-state index < -0.39 is 54.1 Å². The Morgan fingerprint density at radius 3 is 2.14 bits per heavy atom. The molecule has 29 heavy (non-hydrogen) atoms. The zero-order valence-corrected chi connectivity index (χ0v) is 16.6. The Labute approximate surface area is 167 Å². The van der Waals surface area contributed by atoms with Gasteiger partial charge in [-0.05, 0) is 19.1 Å². The lowest BCUT2D eigenvalue weighted by atomic mass is 10.1. The summed E-state index contributed by atoms with van der Waals surface area (Å²) in [5, 5.41) is 0. The average molecular weight is 412 g/mol. The highest BCUT2D eigenvalue weighted by atomic mass is 16.6. The second-order valence-corrected chi connectivity index (χ2v) is 6.08. The van der Waals surface area contributed by atoms with Crippen LogP contribution in [-0.2, 0) is 47.7 Å². The molecule has 1 aliphatic rings. The monoisotopic (exact) mass is 412 g/mol. The molecule has 1 rings (SSSR count). The molecule has 1 aliphatic heterocycles. The summed E-state index contributed by atoms with van der Waals surface area (Å²) in [4.78, 5) is 57.2. The molecule has 160 valence electrons. The quantitative estimate of drug-likeness (QED) is 0.230. The van der Waals surface area contributed by atoms with E-state index in [0.29, 0.717) is 0 Å². The Hall–Kier alpha value is -3.17. The molecular weight excluding hydrogens is 388 g/mol. The number of carbonyl (C=O) groups excluding carboxylic acids is 5. The second kappa shape index (κ2) is 11.6. The number of carbonyl (C=O) groups is 5. The first-order chi connectivity index (χ1) is 13.6. The Morgan fingerprint density at radius 2 is 1.62 bits per heavy atom. The third-order valence-electron chi connectivity index (χ3n) is 3.56. The van der Waals surface area contributed by atoms with Crippen LogP contribution < -0.4 is 0 Å². The van der Waals surface area contributed by atoms with Crippen molar-refractivity contribution in [2.45, 2.75) is 46.0 Å². The number of cyclic esters (lactones) is 1. The van der Waals surface area contributed by atoms with E-state index in [4.69, 9.17) is 23.7 Å². The highest BCUT2D eigenvalue weighted by Crippen LogP contribution is 2.19. The fourth-order valence-corrected chi connectivity index (χ4v) is 2.43. The first-order valence-corrected chi connectivity index (χ1v) is 8.80. The Morgan fingerprint density at radius 1 is 1.03 bits per heavy atom. The van der Waals surface area contributed by atoms with Crippen LogP contribution in [0.5, 0.6) is 0 Å². The van der Waals surface area contributed by atoms with Gasteiger partial charge >= 0.3 is 29.8 Å². The molecule has 0 radical (unpaired) electrons. The van der Waals surface area contributed by atoms with Gasteiger partial charge in [0.25, 0.3) is 0 Å². The topological polar surface area (TPSA) is 132 Å². The maximum atomic E-state index is 12.0. The van der Waals surface area contributed by atoms with Gasteiger partial charge in [-0.1, -0.05) is 6.08 Å². The fourth-order valence-electron chi connectivity index (χ4n) is 2.43. The van der Waals surface area contributed by atoms with E-state index in [1.54, 1.807) is 13.0 Å². The number of hydrogen-bond donors (Lipinski definition) is 0. The summed E-state index contributed by atoms with van der Waals surface area (Å²) in [6.07, 6.45) is 2.20. The number of esters is 5. The van der Waals surface area contributed by atoms with Crippen molar-refractivity contribution in [3.8, 4) is 0 Å². The summed E-state index contributed by atoms with van der Waals surface area (Å²) < 4.78 is 24.9. The maximum Gasteiger partial charge on any atom is 0.348 e. The summed E-state index contributed by atoms with van der Waals surface area (Å²) >= 11 is 0. The zero-order valence-electron chi connectivity index (χ0n) is 16.6. The predicted octanol–water partition coefficient (Wildman–Crippen LogP) is 0.630. The van der Waals surface area contributed by atoms with Crippen LogP contribution in [0.2, 0.25) is 0 Å². The zero-order chi connectivity index (χ0) is 22.0. The smallest absolute Gasteiger partial charge is 0.348 e. The minimum atomic E-state index is -1.14. The highest BCUT2D eigenvalue weighted by Gasteiger charge is 2.40. The molecule has 10 nitrogen and oxygen atoms in total. The Balaban J connectivity index is 2.74. The van der Waals surface area contributed by atoms with Gasteiger partial charge in [0.2, 0.25) is 6.10 Å². The normalized spacial score (nSPS) is 20.8. The molecule has 0 aromatic rings. The van der Waals surface area contributed by atoms with Crippen molar-refractivity contribution in [1.29, 1.82) is 0 Å². The molecule has 0 N–H and O–H groups in total. The van der Waals surface area contributed by atoms with E-state index >= 15 is 0 Å². The molecule has 0 amide bonds. The van der Waals surface area contributed by atoms with Gasteiger partial charge in [0.15, 0.2) is 12.2 Å². The molecule has 0 aliphatic carbocycles. The lowest BCUT2D eigenvalue weighted by Gasteiger charge is -2.21. The van der Waals surface area contributed by atoms with Gasteiger partial charge < -0.3 is 23.7 Å². The molecule has 0 unspecified atom stereocenters. The summed E-state index contributed by atoms with van der Waals surface area (Å²) in [7, 11) is 0. The largest absolute Gasteiger partial charge is 0.462 e. The summed E-state index contributed by atoms with van der Waals surface area (Å²) in [6.45, 7) is 4.92. The first-order valence-electron chi connectivity index (χ1n) is 8.80. The minimum Gasteiger partial charge on any atom is -0.462 e. The van der Waals surface area contributed by atoms with E-state index in [9.17, 15) is 24.0 Å². The summed E-state index contributed by atoms with van der Waals surface area (Å²) in [6, 6.07) is 0. The van der Waals surface area contributed by atoms with Crippen molar-refractivity contribution >= 4 is 29.8 Å². The maximum absolute atomic E-state index is 12.0. The van der Waals surface area contributed by atoms with Crippen molar-refractivity contribution in [2.24, 2.45) is 5.92 Å². The van der Waals surface area contributed by atoms with Crippen LogP contribution in [0.15, 0.2) is 24.3 Å². The minimum absolute atomic E-state index is 0.0559. The number of rotatable bonds is 9. The third kappa shape index (κ3) is 8.58. The van der Waals surface area contributed by atoms with Crippen LogP contribution in [0.1, 0.15) is 27.7 Å². The van der Waals surface area contributed by atoms with Gasteiger partial charge in [-0.25, -0.2) is 9.59 Å². The van der Waals surface area contributed by atoms with E-state index in [1.165, 1.54) is 26.0 Å². The van der Waals surface area contributed by atoms with Gasteiger partial charge in [0, 0.05) is 26.8 Å². The molecule has 0 aromatic heterocycles.